The summed E-state index contributed by atoms with van der Waals surface area (Å²) in [6, 6.07) is 2.26. The zero-order valence-corrected chi connectivity index (χ0v) is 13.0. The van der Waals surface area contributed by atoms with E-state index in [2.05, 4.69) is 38.1 Å². The normalized spacial score (nSPS) is 18.4. The Morgan fingerprint density at radius 3 is 2.80 bits per heavy atom. The smallest absolute Gasteiger partial charge is 0.140 e. The van der Waals surface area contributed by atoms with Crippen LogP contribution in [0.2, 0.25) is 0 Å². The van der Waals surface area contributed by atoms with Crippen molar-refractivity contribution in [3.8, 4) is 0 Å². The van der Waals surface area contributed by atoms with Crippen molar-refractivity contribution in [1.29, 1.82) is 0 Å². The topological polar surface area (TPSA) is 58.3 Å². The molecule has 1 atom stereocenters. The first-order valence-electron chi connectivity index (χ1n) is 6.63. The lowest BCUT2D eigenvalue weighted by Gasteiger charge is -2.38. The van der Waals surface area contributed by atoms with E-state index in [-0.39, 0.29) is 6.04 Å². The number of nitrogens with zero attached hydrogens (tertiary/aromatic N) is 4. The van der Waals surface area contributed by atoms with Crippen molar-refractivity contribution >= 4 is 44.6 Å². The van der Waals surface area contributed by atoms with Crippen molar-refractivity contribution in [3.05, 3.63) is 17.8 Å². The maximum Gasteiger partial charge on any atom is 0.140 e. The minimum Gasteiger partial charge on any atom is -0.392 e. The van der Waals surface area contributed by atoms with Gasteiger partial charge in [-0.15, -0.1) is 11.3 Å². The van der Waals surface area contributed by atoms with Crippen molar-refractivity contribution in [1.82, 2.24) is 14.9 Å². The van der Waals surface area contributed by atoms with E-state index in [1.165, 1.54) is 0 Å². The molecule has 0 spiro atoms. The number of anilines is 1. The highest BCUT2D eigenvalue weighted by molar-refractivity contribution is 7.80. The van der Waals surface area contributed by atoms with Gasteiger partial charge in [-0.3, -0.25) is 4.90 Å². The molecule has 7 heteroatoms. The molecule has 1 unspecified atom stereocenters. The van der Waals surface area contributed by atoms with Gasteiger partial charge in [0.05, 0.1) is 16.4 Å². The Hall–Kier alpha value is -1.31. The third kappa shape index (κ3) is 2.48. The molecule has 0 saturated carbocycles. The first kappa shape index (κ1) is 13.7. The molecule has 0 aromatic carbocycles. The molecule has 3 heterocycles. The summed E-state index contributed by atoms with van der Waals surface area (Å²) in [5.74, 6) is 1.04. The summed E-state index contributed by atoms with van der Waals surface area (Å²) in [4.78, 5) is 15.0. The average Bonchev–Trinajstić information content (AvgIpc) is 2.95. The highest BCUT2D eigenvalue weighted by atomic mass is 32.1. The molecule has 20 heavy (non-hydrogen) atoms. The molecule has 2 N–H and O–H groups in total. The molecule has 106 valence electrons. The molecule has 1 aliphatic rings. The van der Waals surface area contributed by atoms with Crippen molar-refractivity contribution in [2.24, 2.45) is 5.73 Å². The van der Waals surface area contributed by atoms with E-state index in [1.54, 1.807) is 17.7 Å². The molecule has 5 nitrogen and oxygen atoms in total. The van der Waals surface area contributed by atoms with Gasteiger partial charge in [-0.25, -0.2) is 9.97 Å². The minimum absolute atomic E-state index is 0.165. The molecular formula is C13H17N5S2. The highest BCUT2D eigenvalue weighted by Crippen LogP contribution is 2.27. The van der Waals surface area contributed by atoms with Crippen molar-refractivity contribution in [3.63, 3.8) is 0 Å². The summed E-state index contributed by atoms with van der Waals surface area (Å²) in [5, 5.41) is 3.21. The van der Waals surface area contributed by atoms with Gasteiger partial charge < -0.3 is 10.6 Å². The predicted molar refractivity (Wildman–Crippen MR) is 87.4 cm³/mol. The Morgan fingerprint density at radius 2 is 2.10 bits per heavy atom. The Morgan fingerprint density at radius 1 is 1.35 bits per heavy atom. The van der Waals surface area contributed by atoms with Crippen LogP contribution in [0.3, 0.4) is 0 Å². The lowest BCUT2D eigenvalue weighted by molar-refractivity contribution is 0.239. The van der Waals surface area contributed by atoms with E-state index in [4.69, 9.17) is 18.0 Å². The van der Waals surface area contributed by atoms with Crippen LogP contribution in [0.1, 0.15) is 6.92 Å². The number of thiophene rings is 1. The van der Waals surface area contributed by atoms with Crippen LogP contribution in [0.15, 0.2) is 17.8 Å². The Bertz CT molecular complexity index is 618. The largest absolute Gasteiger partial charge is 0.392 e. The van der Waals surface area contributed by atoms with Crippen LogP contribution in [-0.2, 0) is 0 Å². The average molecular weight is 307 g/mol. The third-order valence-corrected chi connectivity index (χ3v) is 4.98. The number of piperazine rings is 1. The number of hydrogen-bond donors (Lipinski definition) is 1. The van der Waals surface area contributed by atoms with Crippen LogP contribution in [0.4, 0.5) is 5.82 Å². The van der Waals surface area contributed by atoms with Gasteiger partial charge in [0.25, 0.3) is 0 Å². The summed E-state index contributed by atoms with van der Waals surface area (Å²) < 4.78 is 0. The van der Waals surface area contributed by atoms with Crippen LogP contribution in [-0.4, -0.2) is 52.1 Å². The van der Waals surface area contributed by atoms with E-state index in [0.717, 1.165) is 42.2 Å². The van der Waals surface area contributed by atoms with E-state index in [9.17, 15) is 0 Å². The fourth-order valence-electron chi connectivity index (χ4n) is 2.53. The third-order valence-electron chi connectivity index (χ3n) is 3.81. The van der Waals surface area contributed by atoms with Crippen molar-refractivity contribution < 1.29 is 0 Å². The SMILES string of the molecule is CC(C(N)=S)N1CCN(c2ncnc3sccc23)CC1. The van der Waals surface area contributed by atoms with E-state index in [0.29, 0.717) is 4.99 Å². The second-order valence-electron chi connectivity index (χ2n) is 4.94. The lowest BCUT2D eigenvalue weighted by atomic mass is 10.2. The standard InChI is InChI=1S/C13H17N5S2/c1-9(11(14)19)17-3-5-18(6-4-17)12-10-2-7-20-13(10)16-8-15-12/h2,7-9H,3-6H2,1H3,(H2,14,19). The maximum atomic E-state index is 5.73. The highest BCUT2D eigenvalue weighted by Gasteiger charge is 2.24. The number of hydrogen-bond acceptors (Lipinski definition) is 6. The molecular weight excluding hydrogens is 290 g/mol. The van der Waals surface area contributed by atoms with Gasteiger partial charge >= 0.3 is 0 Å². The van der Waals surface area contributed by atoms with Gasteiger partial charge in [-0.05, 0) is 18.4 Å². The van der Waals surface area contributed by atoms with Crippen LogP contribution in [0.25, 0.3) is 10.2 Å². The first-order chi connectivity index (χ1) is 9.66. The Kier molecular flexibility index (Phi) is 3.82. The minimum atomic E-state index is 0.165. The number of nitrogens with two attached hydrogens (primary N) is 1. The fraction of sp³-hybridized carbons (Fsp3) is 0.462. The van der Waals surface area contributed by atoms with E-state index in [1.807, 2.05) is 0 Å². The molecule has 3 rings (SSSR count). The summed E-state index contributed by atoms with van der Waals surface area (Å²) >= 11 is 6.73. The van der Waals surface area contributed by atoms with Crippen LogP contribution < -0.4 is 10.6 Å². The van der Waals surface area contributed by atoms with Crippen LogP contribution >= 0.6 is 23.6 Å². The molecule has 0 bridgehead atoms. The van der Waals surface area contributed by atoms with Gasteiger partial charge in [-0.2, -0.15) is 0 Å². The predicted octanol–water partition coefficient (Wildman–Crippen LogP) is 1.49. The van der Waals surface area contributed by atoms with Crippen LogP contribution in [0, 0.1) is 0 Å². The molecule has 0 amide bonds. The zero-order chi connectivity index (χ0) is 14.1. The van der Waals surface area contributed by atoms with Crippen LogP contribution in [0.5, 0.6) is 0 Å². The molecule has 0 aliphatic carbocycles. The fourth-order valence-corrected chi connectivity index (χ4v) is 3.41. The quantitative estimate of drug-likeness (QED) is 0.867. The summed E-state index contributed by atoms with van der Waals surface area (Å²) in [7, 11) is 0. The van der Waals surface area contributed by atoms with Gasteiger partial charge in [0.1, 0.15) is 17.0 Å². The van der Waals surface area contributed by atoms with Crippen molar-refractivity contribution in [2.75, 3.05) is 31.1 Å². The van der Waals surface area contributed by atoms with Gasteiger partial charge in [0.2, 0.25) is 0 Å². The number of fused-ring (bicyclic) bond motifs is 1. The molecule has 2 aromatic heterocycles. The maximum absolute atomic E-state index is 5.73. The van der Waals surface area contributed by atoms with E-state index >= 15 is 0 Å². The molecule has 1 saturated heterocycles. The van der Waals surface area contributed by atoms with Gasteiger partial charge in [0.15, 0.2) is 0 Å². The number of rotatable bonds is 3. The van der Waals surface area contributed by atoms with Gasteiger partial charge in [0, 0.05) is 26.2 Å². The monoisotopic (exact) mass is 307 g/mol. The summed E-state index contributed by atoms with van der Waals surface area (Å²) in [5.41, 5.74) is 5.73. The lowest BCUT2D eigenvalue weighted by Crippen LogP contribution is -2.52. The molecule has 2 aromatic rings. The Balaban J connectivity index is 1.75. The second kappa shape index (κ2) is 5.59. The van der Waals surface area contributed by atoms with Crippen molar-refractivity contribution in [2.45, 2.75) is 13.0 Å². The Labute approximate surface area is 127 Å². The first-order valence-corrected chi connectivity index (χ1v) is 7.92. The molecule has 1 fully saturated rings. The zero-order valence-electron chi connectivity index (χ0n) is 11.3. The second-order valence-corrected chi connectivity index (χ2v) is 6.30. The number of thiocarbonyl (C=S) groups is 1. The molecule has 0 radical (unpaired) electrons. The molecule has 1 aliphatic heterocycles. The summed E-state index contributed by atoms with van der Waals surface area (Å²) in [6.07, 6.45) is 1.65. The van der Waals surface area contributed by atoms with E-state index < -0.39 is 0 Å². The van der Waals surface area contributed by atoms with Gasteiger partial charge in [-0.1, -0.05) is 12.2 Å². The summed E-state index contributed by atoms with van der Waals surface area (Å²) in [6.45, 7) is 5.85. The number of aromatic nitrogens is 2.